The van der Waals surface area contributed by atoms with E-state index in [0.29, 0.717) is 30.5 Å². The molecule has 3 aromatic rings. The summed E-state index contributed by atoms with van der Waals surface area (Å²) in [5, 5.41) is 7.18. The molecule has 1 amide bonds. The van der Waals surface area contributed by atoms with Crippen LogP contribution in [0.4, 0.5) is 0 Å². The van der Waals surface area contributed by atoms with Crippen molar-refractivity contribution in [3.05, 3.63) is 65.1 Å². The Kier molecular flexibility index (Phi) is 5.88. The molecule has 1 atom stereocenters. The van der Waals surface area contributed by atoms with Crippen molar-refractivity contribution in [3.63, 3.8) is 0 Å². The fraction of sp³-hybridized carbons (Fsp3) is 0.435. The number of methoxy groups -OCH3 is 1. The van der Waals surface area contributed by atoms with E-state index >= 15 is 0 Å². The molecule has 0 saturated carbocycles. The fourth-order valence-electron chi connectivity index (χ4n) is 3.84. The minimum atomic E-state index is -0.0361. The highest BCUT2D eigenvalue weighted by Gasteiger charge is 2.29. The Morgan fingerprint density at radius 3 is 3.00 bits per heavy atom. The van der Waals surface area contributed by atoms with Crippen LogP contribution in [0.3, 0.4) is 0 Å². The van der Waals surface area contributed by atoms with Gasteiger partial charge in [-0.2, -0.15) is 5.10 Å². The molecular weight excluding hydrogens is 380 g/mol. The number of H-pyrrole nitrogens is 1. The maximum atomic E-state index is 12.9. The third-order valence-electron chi connectivity index (χ3n) is 5.58. The van der Waals surface area contributed by atoms with Gasteiger partial charge in [-0.3, -0.25) is 9.89 Å². The van der Waals surface area contributed by atoms with Gasteiger partial charge in [-0.25, -0.2) is 4.98 Å². The minimum absolute atomic E-state index is 0.0361. The van der Waals surface area contributed by atoms with Gasteiger partial charge in [-0.15, -0.1) is 0 Å². The SMILES string of the molecule is COc1cccc(Cc2cnc([C@@H]3CCCN(C(=O)c4cc(C(C)C)[nH]n4)C3)o2)c1. The Balaban J connectivity index is 1.42. The van der Waals surface area contributed by atoms with Crippen molar-refractivity contribution in [2.24, 2.45) is 0 Å². The smallest absolute Gasteiger partial charge is 0.274 e. The second-order valence-electron chi connectivity index (χ2n) is 8.15. The maximum absolute atomic E-state index is 12.9. The Hall–Kier alpha value is -3.09. The quantitative estimate of drug-likeness (QED) is 0.663. The van der Waals surface area contributed by atoms with Gasteiger partial charge in [0.2, 0.25) is 0 Å². The molecule has 7 heteroatoms. The number of aromatic nitrogens is 3. The van der Waals surface area contributed by atoms with Gasteiger partial charge in [0.1, 0.15) is 17.2 Å². The summed E-state index contributed by atoms with van der Waals surface area (Å²) < 4.78 is 11.3. The number of benzene rings is 1. The number of hydrogen-bond acceptors (Lipinski definition) is 5. The number of oxazole rings is 1. The molecule has 1 aromatic carbocycles. The molecule has 0 radical (unpaired) electrons. The Morgan fingerprint density at radius 2 is 2.23 bits per heavy atom. The van der Waals surface area contributed by atoms with Crippen LogP contribution in [-0.4, -0.2) is 46.2 Å². The molecule has 0 aliphatic carbocycles. The van der Waals surface area contributed by atoms with E-state index in [1.54, 1.807) is 13.3 Å². The standard InChI is InChI=1S/C23H28N4O3/c1-15(2)20-12-21(26-25-20)23(28)27-9-5-7-17(14-27)22-24-13-19(30-22)11-16-6-4-8-18(10-16)29-3/h4,6,8,10,12-13,15,17H,5,7,9,11,14H2,1-3H3,(H,25,26)/t17-/m1/s1. The first-order chi connectivity index (χ1) is 14.5. The molecule has 0 bridgehead atoms. The van der Waals surface area contributed by atoms with E-state index in [9.17, 15) is 4.79 Å². The van der Waals surface area contributed by atoms with Crippen molar-refractivity contribution in [3.8, 4) is 5.75 Å². The third-order valence-corrected chi connectivity index (χ3v) is 5.58. The Bertz CT molecular complexity index is 1010. The van der Waals surface area contributed by atoms with E-state index in [4.69, 9.17) is 9.15 Å². The summed E-state index contributed by atoms with van der Waals surface area (Å²) >= 11 is 0. The second-order valence-corrected chi connectivity index (χ2v) is 8.15. The number of aromatic amines is 1. The highest BCUT2D eigenvalue weighted by Crippen LogP contribution is 2.28. The van der Waals surface area contributed by atoms with E-state index in [1.165, 1.54) is 0 Å². The zero-order valence-corrected chi connectivity index (χ0v) is 17.7. The number of piperidine rings is 1. The van der Waals surface area contributed by atoms with Crippen molar-refractivity contribution >= 4 is 5.91 Å². The lowest BCUT2D eigenvalue weighted by Gasteiger charge is -2.30. The zero-order chi connectivity index (χ0) is 21.1. The van der Waals surface area contributed by atoms with E-state index < -0.39 is 0 Å². The minimum Gasteiger partial charge on any atom is -0.497 e. The lowest BCUT2D eigenvalue weighted by Crippen LogP contribution is -2.39. The summed E-state index contributed by atoms with van der Waals surface area (Å²) in [5.41, 5.74) is 2.56. The molecule has 7 nitrogen and oxygen atoms in total. The number of amides is 1. The van der Waals surface area contributed by atoms with E-state index in [2.05, 4.69) is 29.0 Å². The van der Waals surface area contributed by atoms with Gasteiger partial charge < -0.3 is 14.1 Å². The first kappa shape index (κ1) is 20.2. The lowest BCUT2D eigenvalue weighted by atomic mass is 9.97. The van der Waals surface area contributed by atoms with Crippen LogP contribution >= 0.6 is 0 Å². The van der Waals surface area contributed by atoms with E-state index in [0.717, 1.165) is 42.2 Å². The van der Waals surface area contributed by atoms with Crippen LogP contribution < -0.4 is 4.74 Å². The average Bonchev–Trinajstić information content (AvgIpc) is 3.44. The van der Waals surface area contributed by atoms with E-state index in [-0.39, 0.29) is 11.8 Å². The number of hydrogen-bond donors (Lipinski definition) is 1. The first-order valence-electron chi connectivity index (χ1n) is 10.5. The van der Waals surface area contributed by atoms with Crippen LogP contribution in [0.5, 0.6) is 5.75 Å². The number of rotatable bonds is 6. The number of carbonyl (C=O) groups excluding carboxylic acids is 1. The number of likely N-dealkylation sites (tertiary alicyclic amines) is 1. The fourth-order valence-corrected chi connectivity index (χ4v) is 3.84. The van der Waals surface area contributed by atoms with Gasteiger partial charge in [0, 0.05) is 25.2 Å². The molecule has 30 heavy (non-hydrogen) atoms. The largest absolute Gasteiger partial charge is 0.497 e. The number of ether oxygens (including phenoxy) is 1. The topological polar surface area (TPSA) is 84.2 Å². The molecule has 1 aliphatic heterocycles. The van der Waals surface area contributed by atoms with Crippen molar-refractivity contribution in [1.82, 2.24) is 20.1 Å². The Labute approximate surface area is 176 Å². The van der Waals surface area contributed by atoms with Crippen molar-refractivity contribution in [2.75, 3.05) is 20.2 Å². The predicted molar refractivity (Wildman–Crippen MR) is 113 cm³/mol. The molecule has 1 N–H and O–H groups in total. The lowest BCUT2D eigenvalue weighted by molar-refractivity contribution is 0.0692. The maximum Gasteiger partial charge on any atom is 0.274 e. The summed E-state index contributed by atoms with van der Waals surface area (Å²) in [6.07, 6.45) is 4.33. The Morgan fingerprint density at radius 1 is 1.37 bits per heavy atom. The van der Waals surface area contributed by atoms with Crippen LogP contribution in [0.1, 0.15) is 71.9 Å². The number of nitrogens with zero attached hydrogens (tertiary/aromatic N) is 3. The molecule has 158 valence electrons. The van der Waals surface area contributed by atoms with Gasteiger partial charge in [0.05, 0.1) is 19.2 Å². The van der Waals surface area contributed by atoms with Crippen molar-refractivity contribution < 1.29 is 13.9 Å². The van der Waals surface area contributed by atoms with Crippen LogP contribution in [0.15, 0.2) is 40.9 Å². The van der Waals surface area contributed by atoms with Gasteiger partial charge in [-0.1, -0.05) is 26.0 Å². The third kappa shape index (κ3) is 4.40. The first-order valence-corrected chi connectivity index (χ1v) is 10.5. The molecule has 4 rings (SSSR count). The number of nitrogens with one attached hydrogen (secondary N) is 1. The van der Waals surface area contributed by atoms with Gasteiger partial charge in [-0.05, 0) is 42.5 Å². The van der Waals surface area contributed by atoms with Gasteiger partial charge in [0.15, 0.2) is 5.89 Å². The summed E-state index contributed by atoms with van der Waals surface area (Å²) in [6, 6.07) is 9.79. The van der Waals surface area contributed by atoms with E-state index in [1.807, 2.05) is 35.2 Å². The van der Waals surface area contributed by atoms with Gasteiger partial charge in [0.25, 0.3) is 5.91 Å². The summed E-state index contributed by atoms with van der Waals surface area (Å²) in [5.74, 6) is 2.72. The van der Waals surface area contributed by atoms with Gasteiger partial charge >= 0.3 is 0 Å². The number of carbonyl (C=O) groups is 1. The summed E-state index contributed by atoms with van der Waals surface area (Å²) in [6.45, 7) is 5.48. The predicted octanol–water partition coefficient (Wildman–Crippen LogP) is 4.14. The normalized spacial score (nSPS) is 16.8. The molecule has 1 saturated heterocycles. The summed E-state index contributed by atoms with van der Waals surface area (Å²) in [4.78, 5) is 19.3. The molecule has 0 spiro atoms. The van der Waals surface area contributed by atoms with Crippen LogP contribution in [0, 0.1) is 0 Å². The van der Waals surface area contributed by atoms with Crippen LogP contribution in [-0.2, 0) is 6.42 Å². The van der Waals surface area contributed by atoms with Crippen molar-refractivity contribution in [2.45, 2.75) is 44.9 Å². The molecule has 3 heterocycles. The zero-order valence-electron chi connectivity index (χ0n) is 17.7. The highest BCUT2D eigenvalue weighted by atomic mass is 16.5. The van der Waals surface area contributed by atoms with Crippen molar-refractivity contribution in [1.29, 1.82) is 0 Å². The molecule has 0 unspecified atom stereocenters. The molecule has 2 aromatic heterocycles. The second kappa shape index (κ2) is 8.73. The molecular formula is C23H28N4O3. The summed E-state index contributed by atoms with van der Waals surface area (Å²) in [7, 11) is 1.66. The monoisotopic (exact) mass is 408 g/mol. The molecule has 1 aliphatic rings. The molecule has 1 fully saturated rings. The average molecular weight is 409 g/mol. The van der Waals surface area contributed by atoms with Crippen LogP contribution in [0.25, 0.3) is 0 Å². The highest BCUT2D eigenvalue weighted by molar-refractivity contribution is 5.92. The van der Waals surface area contributed by atoms with Crippen LogP contribution in [0.2, 0.25) is 0 Å².